The highest BCUT2D eigenvalue weighted by Crippen LogP contribution is 2.51. The lowest BCUT2D eigenvalue weighted by Crippen LogP contribution is -2.46. The monoisotopic (exact) mass is 520 g/mol. The first-order chi connectivity index (χ1) is 16.5. The van der Waals surface area contributed by atoms with Crippen molar-refractivity contribution in [1.82, 2.24) is 20.2 Å². The van der Waals surface area contributed by atoms with Gasteiger partial charge in [-0.15, -0.1) is 11.8 Å². The average molecular weight is 521 g/mol. The second-order valence-electron chi connectivity index (χ2n) is 9.70. The second kappa shape index (κ2) is 10.0. The van der Waals surface area contributed by atoms with E-state index in [4.69, 9.17) is 21.1 Å². The number of halogens is 1. The van der Waals surface area contributed by atoms with Gasteiger partial charge in [0.2, 0.25) is 0 Å². The van der Waals surface area contributed by atoms with Gasteiger partial charge in [0.25, 0.3) is 17.3 Å². The van der Waals surface area contributed by atoms with Crippen molar-refractivity contribution in [3.8, 4) is 11.5 Å². The molecule has 1 fully saturated rings. The number of benzene rings is 1. The third-order valence-corrected chi connectivity index (χ3v) is 8.18. The zero-order valence-corrected chi connectivity index (χ0v) is 22.7. The summed E-state index contributed by atoms with van der Waals surface area (Å²) in [5.41, 5.74) is 1.21. The van der Waals surface area contributed by atoms with E-state index in [9.17, 15) is 9.59 Å². The minimum atomic E-state index is -0.822. The third-order valence-electron chi connectivity index (χ3n) is 7.18. The first-order valence-electron chi connectivity index (χ1n) is 11.8. The number of aryl methyl sites for hydroxylation is 1. The highest BCUT2D eigenvalue weighted by molar-refractivity contribution is 7.98. The summed E-state index contributed by atoms with van der Waals surface area (Å²) in [6, 6.07) is 2.18. The summed E-state index contributed by atoms with van der Waals surface area (Å²) in [5.74, 6) is 0.594. The number of amides is 1. The maximum atomic E-state index is 13.1. The number of carbonyl (C=O) groups is 1. The topological polar surface area (TPSA) is 96.5 Å². The summed E-state index contributed by atoms with van der Waals surface area (Å²) in [5, 5.41) is 3.76. The maximum Gasteiger partial charge on any atom is 0.257 e. The van der Waals surface area contributed by atoms with Crippen LogP contribution >= 0.6 is 23.4 Å². The maximum absolute atomic E-state index is 13.1. The number of H-pyrrole nitrogens is 1. The van der Waals surface area contributed by atoms with E-state index < -0.39 is 5.79 Å². The molecule has 2 heterocycles. The molecule has 1 aliphatic heterocycles. The van der Waals surface area contributed by atoms with Crippen LogP contribution < -0.4 is 20.3 Å². The molecule has 1 aromatic heterocycles. The van der Waals surface area contributed by atoms with E-state index in [2.05, 4.69) is 34.3 Å². The van der Waals surface area contributed by atoms with Gasteiger partial charge < -0.3 is 24.7 Å². The SMILES string of the molecule is CSc1nc(C)[nH]c(=O)c1CNC(=O)c1cc(Cl)c2c(c1C)O[C@@](C)([C@H]1CC[C@H](N(C)C)CC1)O2. The molecule has 2 aliphatic rings. The standard InChI is InChI=1S/C25H33ClN4O4S/c1-13-17(22(31)27-12-18-23(32)28-14(2)29-24(18)35-6)11-19(26)21-20(13)33-25(3,34-21)15-7-9-16(10-8-15)30(4)5/h11,15-16H,7-10,12H2,1-6H3,(H,27,31)(H,28,29,32)/t15-,16-,25-/m1/s1. The Balaban J connectivity index is 1.52. The van der Waals surface area contributed by atoms with Gasteiger partial charge in [-0.05, 0) is 65.9 Å². The van der Waals surface area contributed by atoms with E-state index in [1.54, 1.807) is 13.0 Å². The Kier molecular flexibility index (Phi) is 7.41. The minimum Gasteiger partial charge on any atom is -0.448 e. The van der Waals surface area contributed by atoms with E-state index in [-0.39, 0.29) is 23.9 Å². The molecule has 4 rings (SSSR count). The quantitative estimate of drug-likeness (QED) is 0.433. The molecule has 10 heteroatoms. The molecule has 0 unspecified atom stereocenters. The number of hydrogen-bond donors (Lipinski definition) is 2. The van der Waals surface area contributed by atoms with Crippen molar-refractivity contribution >= 4 is 29.3 Å². The number of ether oxygens (including phenoxy) is 2. The number of hydrogen-bond acceptors (Lipinski definition) is 7. The first-order valence-corrected chi connectivity index (χ1v) is 13.4. The van der Waals surface area contributed by atoms with Gasteiger partial charge in [-0.2, -0.15) is 0 Å². The Morgan fingerprint density at radius 2 is 1.91 bits per heavy atom. The van der Waals surface area contributed by atoms with Crippen LogP contribution in [0.1, 0.15) is 59.9 Å². The van der Waals surface area contributed by atoms with Crippen LogP contribution in [-0.4, -0.2) is 53.0 Å². The van der Waals surface area contributed by atoms with Crippen LogP contribution in [0.4, 0.5) is 0 Å². The number of aromatic amines is 1. The molecule has 35 heavy (non-hydrogen) atoms. The van der Waals surface area contributed by atoms with Crippen LogP contribution in [0.3, 0.4) is 0 Å². The first kappa shape index (κ1) is 25.9. The van der Waals surface area contributed by atoms with Gasteiger partial charge in [0.1, 0.15) is 10.9 Å². The van der Waals surface area contributed by atoms with E-state index in [0.717, 1.165) is 25.7 Å². The number of fused-ring (bicyclic) bond motifs is 1. The summed E-state index contributed by atoms with van der Waals surface area (Å²) in [7, 11) is 4.24. The third kappa shape index (κ3) is 5.04. The van der Waals surface area contributed by atoms with Gasteiger partial charge in [-0.3, -0.25) is 9.59 Å². The highest BCUT2D eigenvalue weighted by atomic mass is 35.5. The van der Waals surface area contributed by atoms with Crippen LogP contribution in [0.25, 0.3) is 0 Å². The smallest absolute Gasteiger partial charge is 0.257 e. The number of nitrogens with one attached hydrogen (secondary N) is 2. The molecule has 1 amide bonds. The summed E-state index contributed by atoms with van der Waals surface area (Å²) >= 11 is 7.93. The Bertz CT molecular complexity index is 1190. The second-order valence-corrected chi connectivity index (χ2v) is 10.9. The van der Waals surface area contributed by atoms with Crippen molar-refractivity contribution in [3.05, 3.63) is 44.0 Å². The predicted octanol–water partition coefficient (Wildman–Crippen LogP) is 4.30. The molecular weight excluding hydrogens is 488 g/mol. The number of thioether (sulfide) groups is 1. The predicted molar refractivity (Wildman–Crippen MR) is 138 cm³/mol. The average Bonchev–Trinajstić information content (AvgIpc) is 3.20. The van der Waals surface area contributed by atoms with Crippen molar-refractivity contribution in [2.75, 3.05) is 20.4 Å². The highest BCUT2D eigenvalue weighted by Gasteiger charge is 2.47. The van der Waals surface area contributed by atoms with Gasteiger partial charge in [-0.1, -0.05) is 11.6 Å². The normalized spacial score (nSPS) is 23.5. The molecule has 2 aromatic rings. The summed E-state index contributed by atoms with van der Waals surface area (Å²) in [4.78, 5) is 34.8. The lowest BCUT2D eigenvalue weighted by atomic mass is 9.81. The summed E-state index contributed by atoms with van der Waals surface area (Å²) in [6.45, 7) is 5.57. The summed E-state index contributed by atoms with van der Waals surface area (Å²) in [6.07, 6.45) is 6.00. The fourth-order valence-electron chi connectivity index (χ4n) is 5.04. The van der Waals surface area contributed by atoms with Gasteiger partial charge in [0.05, 0.1) is 17.1 Å². The van der Waals surface area contributed by atoms with Gasteiger partial charge in [0, 0.05) is 30.0 Å². The Labute approximate surface area is 215 Å². The molecule has 1 aliphatic carbocycles. The Morgan fingerprint density at radius 1 is 1.26 bits per heavy atom. The van der Waals surface area contributed by atoms with E-state index in [1.807, 2.05) is 20.1 Å². The van der Waals surface area contributed by atoms with Crippen LogP contribution in [0.2, 0.25) is 5.02 Å². The molecule has 0 radical (unpaired) electrons. The molecule has 190 valence electrons. The van der Waals surface area contributed by atoms with Crippen LogP contribution in [-0.2, 0) is 6.54 Å². The molecule has 0 spiro atoms. The van der Waals surface area contributed by atoms with E-state index in [1.165, 1.54) is 11.8 Å². The zero-order chi connectivity index (χ0) is 25.5. The lowest BCUT2D eigenvalue weighted by Gasteiger charge is -2.39. The lowest BCUT2D eigenvalue weighted by molar-refractivity contribution is -0.123. The number of nitrogens with zero attached hydrogens (tertiary/aromatic N) is 2. The molecular formula is C25H33ClN4O4S. The van der Waals surface area contributed by atoms with Crippen LogP contribution in [0, 0.1) is 19.8 Å². The van der Waals surface area contributed by atoms with Gasteiger partial charge in [-0.25, -0.2) is 4.98 Å². The molecule has 1 aromatic carbocycles. The molecule has 0 bridgehead atoms. The molecule has 0 saturated heterocycles. The molecule has 1 saturated carbocycles. The Morgan fingerprint density at radius 3 is 2.54 bits per heavy atom. The van der Waals surface area contributed by atoms with E-state index >= 15 is 0 Å². The van der Waals surface area contributed by atoms with Crippen molar-refractivity contribution in [3.63, 3.8) is 0 Å². The van der Waals surface area contributed by atoms with E-state index in [0.29, 0.717) is 50.1 Å². The number of aromatic nitrogens is 2. The van der Waals surface area contributed by atoms with Gasteiger partial charge in [0.15, 0.2) is 11.5 Å². The zero-order valence-electron chi connectivity index (χ0n) is 21.1. The Hall–Kier alpha value is -2.23. The number of rotatable bonds is 6. The molecule has 8 nitrogen and oxygen atoms in total. The molecule has 2 N–H and O–H groups in total. The number of carbonyl (C=O) groups excluding carboxylic acids is 1. The van der Waals surface area contributed by atoms with Gasteiger partial charge >= 0.3 is 0 Å². The largest absolute Gasteiger partial charge is 0.448 e. The van der Waals surface area contributed by atoms with Crippen molar-refractivity contribution in [1.29, 1.82) is 0 Å². The van der Waals surface area contributed by atoms with Crippen molar-refractivity contribution in [2.45, 2.75) is 69.9 Å². The van der Waals surface area contributed by atoms with Crippen LogP contribution in [0.5, 0.6) is 11.5 Å². The fraction of sp³-hybridized carbons (Fsp3) is 0.560. The van der Waals surface area contributed by atoms with Crippen molar-refractivity contribution < 1.29 is 14.3 Å². The fourth-order valence-corrected chi connectivity index (χ4v) is 5.91. The minimum absolute atomic E-state index is 0.0515. The van der Waals surface area contributed by atoms with Crippen molar-refractivity contribution in [2.24, 2.45) is 5.92 Å². The van der Waals surface area contributed by atoms with Crippen LogP contribution in [0.15, 0.2) is 15.9 Å². The summed E-state index contributed by atoms with van der Waals surface area (Å²) < 4.78 is 12.7. The molecule has 1 atom stereocenters.